The zero-order valence-electron chi connectivity index (χ0n) is 10.4. The van der Waals surface area contributed by atoms with E-state index in [1.165, 1.54) is 0 Å². The molecule has 0 heterocycles. The number of ether oxygens (including phenoxy) is 1. The van der Waals surface area contributed by atoms with Gasteiger partial charge in [-0.3, -0.25) is 9.59 Å². The monoisotopic (exact) mass is 244 g/mol. The molecule has 0 radical (unpaired) electrons. The lowest BCUT2D eigenvalue weighted by molar-refractivity contribution is -0.120. The Morgan fingerprint density at radius 1 is 1.28 bits per heavy atom. The third-order valence-electron chi connectivity index (χ3n) is 3.17. The molecule has 2 rings (SSSR count). The lowest BCUT2D eigenvalue weighted by Crippen LogP contribution is -2.15. The van der Waals surface area contributed by atoms with Crippen LogP contribution in [0.4, 0.5) is 0 Å². The highest BCUT2D eigenvalue weighted by Crippen LogP contribution is 2.20. The average molecular weight is 244 g/mol. The molecule has 1 aliphatic rings. The molecule has 0 amide bonds. The molecule has 94 valence electrons. The van der Waals surface area contributed by atoms with Crippen molar-refractivity contribution in [1.82, 2.24) is 0 Å². The number of Topliss-reactive ketones (excluding diaryl/α,β-unsaturated/α-hetero) is 2. The second-order valence-electron chi connectivity index (χ2n) is 4.41. The SMILES string of the molecule is COc1ccc(C(=O)CC(=O)C2C=CCC2)cc1. The number of benzene rings is 1. The van der Waals surface area contributed by atoms with Crippen LogP contribution in [0.3, 0.4) is 0 Å². The van der Waals surface area contributed by atoms with Crippen molar-refractivity contribution in [3.8, 4) is 5.75 Å². The van der Waals surface area contributed by atoms with Gasteiger partial charge in [0.25, 0.3) is 0 Å². The predicted octanol–water partition coefficient (Wildman–Crippen LogP) is 2.80. The third kappa shape index (κ3) is 2.86. The molecule has 0 saturated carbocycles. The van der Waals surface area contributed by atoms with E-state index >= 15 is 0 Å². The van der Waals surface area contributed by atoms with Gasteiger partial charge in [-0.25, -0.2) is 0 Å². The highest BCUT2D eigenvalue weighted by Gasteiger charge is 2.21. The molecule has 0 aromatic heterocycles. The van der Waals surface area contributed by atoms with Gasteiger partial charge in [-0.2, -0.15) is 0 Å². The first-order chi connectivity index (χ1) is 8.70. The van der Waals surface area contributed by atoms with Crippen LogP contribution in [0.15, 0.2) is 36.4 Å². The Hall–Kier alpha value is -1.90. The zero-order valence-corrected chi connectivity index (χ0v) is 10.4. The fourth-order valence-corrected chi connectivity index (χ4v) is 2.07. The maximum absolute atomic E-state index is 11.9. The van der Waals surface area contributed by atoms with Crippen molar-refractivity contribution in [2.45, 2.75) is 19.3 Å². The van der Waals surface area contributed by atoms with E-state index in [4.69, 9.17) is 4.74 Å². The number of rotatable bonds is 5. The summed E-state index contributed by atoms with van der Waals surface area (Å²) in [5.41, 5.74) is 0.561. The average Bonchev–Trinajstić information content (AvgIpc) is 2.92. The molecule has 3 heteroatoms. The first-order valence-corrected chi connectivity index (χ1v) is 6.07. The standard InChI is InChI=1S/C15H16O3/c1-18-13-8-6-12(7-9-13)15(17)10-14(16)11-4-2-3-5-11/h2,4,6-9,11H,3,5,10H2,1H3. The molecule has 0 aliphatic heterocycles. The van der Waals surface area contributed by atoms with Crippen molar-refractivity contribution in [3.05, 3.63) is 42.0 Å². The highest BCUT2D eigenvalue weighted by atomic mass is 16.5. The number of allylic oxidation sites excluding steroid dienone is 2. The molecule has 18 heavy (non-hydrogen) atoms. The summed E-state index contributed by atoms with van der Waals surface area (Å²) in [5.74, 6) is 0.538. The number of methoxy groups -OCH3 is 1. The predicted molar refractivity (Wildman–Crippen MR) is 68.8 cm³/mol. The maximum Gasteiger partial charge on any atom is 0.170 e. The maximum atomic E-state index is 11.9. The highest BCUT2D eigenvalue weighted by molar-refractivity contribution is 6.09. The van der Waals surface area contributed by atoms with E-state index in [1.807, 2.05) is 12.2 Å². The minimum atomic E-state index is -0.122. The smallest absolute Gasteiger partial charge is 0.170 e. The summed E-state index contributed by atoms with van der Waals surface area (Å²) in [6.07, 6.45) is 5.67. The number of hydrogen-bond donors (Lipinski definition) is 0. The number of carbonyl (C=O) groups is 2. The van der Waals surface area contributed by atoms with Gasteiger partial charge in [0.1, 0.15) is 11.5 Å². The molecular weight excluding hydrogens is 228 g/mol. The Balaban J connectivity index is 1.98. The van der Waals surface area contributed by atoms with E-state index in [0.29, 0.717) is 11.3 Å². The lowest BCUT2D eigenvalue weighted by Gasteiger charge is -2.06. The molecule has 1 aliphatic carbocycles. The van der Waals surface area contributed by atoms with E-state index < -0.39 is 0 Å². The summed E-state index contributed by atoms with van der Waals surface area (Å²) in [6, 6.07) is 6.85. The quantitative estimate of drug-likeness (QED) is 0.454. The first kappa shape index (κ1) is 12.6. The molecule has 1 unspecified atom stereocenters. The topological polar surface area (TPSA) is 43.4 Å². The van der Waals surface area contributed by atoms with Gasteiger partial charge in [0, 0.05) is 11.5 Å². The summed E-state index contributed by atoms with van der Waals surface area (Å²) in [5, 5.41) is 0. The fourth-order valence-electron chi connectivity index (χ4n) is 2.07. The van der Waals surface area contributed by atoms with E-state index in [9.17, 15) is 9.59 Å². The van der Waals surface area contributed by atoms with Gasteiger partial charge in [-0.1, -0.05) is 12.2 Å². The Labute approximate surface area is 106 Å². The molecule has 0 N–H and O–H groups in total. The lowest BCUT2D eigenvalue weighted by atomic mass is 9.97. The van der Waals surface area contributed by atoms with Crippen molar-refractivity contribution < 1.29 is 14.3 Å². The summed E-state index contributed by atoms with van der Waals surface area (Å²) < 4.78 is 5.02. The minimum absolute atomic E-state index is 0.0126. The van der Waals surface area contributed by atoms with Crippen LogP contribution in [-0.2, 0) is 4.79 Å². The van der Waals surface area contributed by atoms with Crippen molar-refractivity contribution in [2.24, 2.45) is 5.92 Å². The van der Waals surface area contributed by atoms with Gasteiger partial charge in [0.2, 0.25) is 0 Å². The van der Waals surface area contributed by atoms with Crippen LogP contribution in [0, 0.1) is 5.92 Å². The molecule has 0 saturated heterocycles. The van der Waals surface area contributed by atoms with Gasteiger partial charge in [0.05, 0.1) is 13.5 Å². The van der Waals surface area contributed by atoms with E-state index in [1.54, 1.807) is 31.4 Å². The van der Waals surface area contributed by atoms with Crippen LogP contribution >= 0.6 is 0 Å². The number of ketones is 2. The molecule has 3 nitrogen and oxygen atoms in total. The van der Waals surface area contributed by atoms with E-state index in [-0.39, 0.29) is 23.9 Å². The minimum Gasteiger partial charge on any atom is -0.497 e. The third-order valence-corrected chi connectivity index (χ3v) is 3.17. The van der Waals surface area contributed by atoms with Gasteiger partial charge in [-0.15, -0.1) is 0 Å². The first-order valence-electron chi connectivity index (χ1n) is 6.07. The summed E-state index contributed by atoms with van der Waals surface area (Å²) >= 11 is 0. The van der Waals surface area contributed by atoms with Crippen LogP contribution in [0.2, 0.25) is 0 Å². The van der Waals surface area contributed by atoms with Gasteiger partial charge < -0.3 is 4.74 Å². The van der Waals surface area contributed by atoms with Crippen molar-refractivity contribution in [2.75, 3.05) is 7.11 Å². The molecular formula is C15H16O3. The Bertz CT molecular complexity index is 471. The van der Waals surface area contributed by atoms with Crippen molar-refractivity contribution >= 4 is 11.6 Å². The van der Waals surface area contributed by atoms with Crippen LogP contribution in [0.5, 0.6) is 5.75 Å². The van der Waals surface area contributed by atoms with E-state index in [2.05, 4.69) is 0 Å². The van der Waals surface area contributed by atoms with E-state index in [0.717, 1.165) is 12.8 Å². The van der Waals surface area contributed by atoms with Crippen molar-refractivity contribution in [1.29, 1.82) is 0 Å². The second-order valence-corrected chi connectivity index (χ2v) is 4.41. The zero-order chi connectivity index (χ0) is 13.0. The number of hydrogen-bond acceptors (Lipinski definition) is 3. The summed E-state index contributed by atoms with van der Waals surface area (Å²) in [6.45, 7) is 0. The van der Waals surface area contributed by atoms with Crippen LogP contribution in [0.25, 0.3) is 0 Å². The summed E-state index contributed by atoms with van der Waals surface area (Å²) in [7, 11) is 1.58. The largest absolute Gasteiger partial charge is 0.497 e. The Morgan fingerprint density at radius 3 is 2.56 bits per heavy atom. The molecule has 0 fully saturated rings. The van der Waals surface area contributed by atoms with Crippen LogP contribution < -0.4 is 4.74 Å². The van der Waals surface area contributed by atoms with Gasteiger partial charge in [0.15, 0.2) is 5.78 Å². The van der Waals surface area contributed by atoms with Crippen LogP contribution in [0.1, 0.15) is 29.6 Å². The van der Waals surface area contributed by atoms with Crippen LogP contribution in [-0.4, -0.2) is 18.7 Å². The van der Waals surface area contributed by atoms with Gasteiger partial charge >= 0.3 is 0 Å². The molecule has 1 atom stereocenters. The normalized spacial score (nSPS) is 17.7. The Morgan fingerprint density at radius 2 is 2.00 bits per heavy atom. The molecule has 0 spiro atoms. The number of carbonyl (C=O) groups excluding carboxylic acids is 2. The van der Waals surface area contributed by atoms with Crippen molar-refractivity contribution in [3.63, 3.8) is 0 Å². The summed E-state index contributed by atoms with van der Waals surface area (Å²) in [4.78, 5) is 23.8. The molecule has 1 aromatic carbocycles. The second kappa shape index (κ2) is 5.63. The fraction of sp³-hybridized carbons (Fsp3) is 0.333. The molecule has 1 aromatic rings. The molecule has 0 bridgehead atoms. The van der Waals surface area contributed by atoms with Gasteiger partial charge in [-0.05, 0) is 37.1 Å². The Kier molecular flexibility index (Phi) is 3.92.